The van der Waals surface area contributed by atoms with Crippen molar-refractivity contribution in [2.75, 3.05) is 18.8 Å². The lowest BCUT2D eigenvalue weighted by atomic mass is 9.89. The van der Waals surface area contributed by atoms with Gasteiger partial charge in [-0.25, -0.2) is 14.4 Å². The van der Waals surface area contributed by atoms with Gasteiger partial charge in [0, 0.05) is 48.9 Å². The average Bonchev–Trinajstić information content (AvgIpc) is 3.29. The van der Waals surface area contributed by atoms with Crippen molar-refractivity contribution in [2.45, 2.75) is 45.4 Å². The van der Waals surface area contributed by atoms with Gasteiger partial charge in [0.1, 0.15) is 6.17 Å². The van der Waals surface area contributed by atoms with Gasteiger partial charge in [-0.3, -0.25) is 9.48 Å². The van der Waals surface area contributed by atoms with Crippen LogP contribution in [0.1, 0.15) is 36.5 Å². The Morgan fingerprint density at radius 3 is 2.91 bits per heavy atom. The Morgan fingerprint density at radius 1 is 1.27 bits per heavy atom. The molecule has 3 aromatic rings. The van der Waals surface area contributed by atoms with Crippen LogP contribution in [0.2, 0.25) is 0 Å². The van der Waals surface area contributed by atoms with Crippen molar-refractivity contribution in [1.82, 2.24) is 30.4 Å². The highest BCUT2D eigenvalue weighted by molar-refractivity contribution is 5.97. The predicted octanol–water partition coefficient (Wildman–Crippen LogP) is 2.60. The number of rotatable bonds is 4. The zero-order valence-corrected chi connectivity index (χ0v) is 18.8. The Kier molecular flexibility index (Phi) is 5.36. The van der Waals surface area contributed by atoms with E-state index in [2.05, 4.69) is 50.3 Å². The monoisotopic (exact) mass is 449 g/mol. The smallest absolute Gasteiger partial charge is 0.274 e. The third-order valence-corrected chi connectivity index (χ3v) is 6.29. The standard InChI is InChI=1S/C24H28FN7O/c1-24(2)8-20-18(11-29-32(20)13-24)14-4-3-5-15(6-14)19-12-28-22(26)21(31-19)23(33)30-17-7-16(25)9-27-10-17/h3-6,11-12,16-17,27H,7-10,13H2,1-2H3,(H2,26,28)(H,30,33). The fraction of sp³-hybridized carbons (Fsp3) is 0.417. The Bertz CT molecular complexity index is 1210. The number of halogens is 1. The molecule has 1 aromatic carbocycles. The molecule has 2 unspecified atom stereocenters. The lowest BCUT2D eigenvalue weighted by molar-refractivity contribution is 0.0914. The Hall–Kier alpha value is -3.33. The summed E-state index contributed by atoms with van der Waals surface area (Å²) in [5.41, 5.74) is 10.9. The number of amides is 1. The van der Waals surface area contributed by atoms with Gasteiger partial charge in [-0.2, -0.15) is 5.10 Å². The van der Waals surface area contributed by atoms with E-state index in [1.165, 1.54) is 5.69 Å². The molecule has 172 valence electrons. The molecule has 2 aliphatic heterocycles. The number of benzene rings is 1. The van der Waals surface area contributed by atoms with Crippen LogP contribution in [0.5, 0.6) is 0 Å². The minimum absolute atomic E-state index is 0.0460. The van der Waals surface area contributed by atoms with E-state index in [9.17, 15) is 9.18 Å². The highest BCUT2D eigenvalue weighted by Gasteiger charge is 2.31. The molecule has 5 rings (SSSR count). The quantitative estimate of drug-likeness (QED) is 0.565. The molecule has 33 heavy (non-hydrogen) atoms. The summed E-state index contributed by atoms with van der Waals surface area (Å²) in [6.07, 6.45) is 3.72. The van der Waals surface area contributed by atoms with Gasteiger partial charge in [0.25, 0.3) is 5.91 Å². The van der Waals surface area contributed by atoms with Crippen LogP contribution < -0.4 is 16.4 Å². The highest BCUT2D eigenvalue weighted by atomic mass is 19.1. The molecular weight excluding hydrogens is 421 g/mol. The lowest BCUT2D eigenvalue weighted by Gasteiger charge is -2.26. The number of fused-ring (bicyclic) bond motifs is 1. The first-order valence-corrected chi connectivity index (χ1v) is 11.2. The molecule has 0 radical (unpaired) electrons. The van der Waals surface area contributed by atoms with Gasteiger partial charge in [-0.1, -0.05) is 32.0 Å². The van der Waals surface area contributed by atoms with Gasteiger partial charge in [-0.05, 0) is 23.5 Å². The number of nitrogen functional groups attached to an aromatic ring is 1. The zero-order chi connectivity index (χ0) is 23.2. The van der Waals surface area contributed by atoms with Gasteiger partial charge in [0.05, 0.1) is 18.1 Å². The second-order valence-electron chi connectivity index (χ2n) is 9.74. The van der Waals surface area contributed by atoms with Crippen LogP contribution in [-0.4, -0.2) is 51.0 Å². The molecular formula is C24H28FN7O. The number of hydrogen-bond donors (Lipinski definition) is 3. The van der Waals surface area contributed by atoms with Crippen molar-refractivity contribution in [1.29, 1.82) is 0 Å². The van der Waals surface area contributed by atoms with Gasteiger partial charge >= 0.3 is 0 Å². The van der Waals surface area contributed by atoms with E-state index in [0.717, 1.165) is 29.7 Å². The molecule has 0 aliphatic carbocycles. The first-order chi connectivity index (χ1) is 15.8. The fourth-order valence-electron chi connectivity index (χ4n) is 4.69. The zero-order valence-electron chi connectivity index (χ0n) is 18.8. The Balaban J connectivity index is 1.41. The lowest BCUT2D eigenvalue weighted by Crippen LogP contribution is -2.49. The van der Waals surface area contributed by atoms with Crippen molar-refractivity contribution < 1.29 is 9.18 Å². The minimum atomic E-state index is -0.989. The second-order valence-corrected chi connectivity index (χ2v) is 9.74. The molecule has 1 fully saturated rings. The molecule has 2 atom stereocenters. The molecule has 2 aromatic heterocycles. The summed E-state index contributed by atoms with van der Waals surface area (Å²) in [6.45, 7) is 6.21. The fourth-order valence-corrected chi connectivity index (χ4v) is 4.69. The minimum Gasteiger partial charge on any atom is -0.382 e. The summed E-state index contributed by atoms with van der Waals surface area (Å²) in [7, 11) is 0. The molecule has 4 heterocycles. The van der Waals surface area contributed by atoms with Crippen molar-refractivity contribution in [3.8, 4) is 22.4 Å². The van der Waals surface area contributed by atoms with Crippen LogP contribution in [0.3, 0.4) is 0 Å². The van der Waals surface area contributed by atoms with Crippen molar-refractivity contribution in [3.63, 3.8) is 0 Å². The Labute approximate surface area is 191 Å². The number of alkyl halides is 1. The molecule has 9 heteroatoms. The number of piperidine rings is 1. The summed E-state index contributed by atoms with van der Waals surface area (Å²) in [6, 6.07) is 7.65. The third kappa shape index (κ3) is 4.32. The largest absolute Gasteiger partial charge is 0.382 e. The molecule has 0 saturated carbocycles. The van der Waals surface area contributed by atoms with E-state index < -0.39 is 12.1 Å². The molecule has 8 nitrogen and oxygen atoms in total. The number of aromatic nitrogens is 4. The van der Waals surface area contributed by atoms with Crippen LogP contribution >= 0.6 is 0 Å². The van der Waals surface area contributed by atoms with Gasteiger partial charge in [-0.15, -0.1) is 0 Å². The number of nitrogens with two attached hydrogens (primary N) is 1. The molecule has 2 aliphatic rings. The van der Waals surface area contributed by atoms with E-state index >= 15 is 0 Å². The van der Waals surface area contributed by atoms with Gasteiger partial charge in [0.15, 0.2) is 11.5 Å². The topological polar surface area (TPSA) is 111 Å². The van der Waals surface area contributed by atoms with Crippen LogP contribution in [-0.2, 0) is 13.0 Å². The molecule has 1 saturated heterocycles. The summed E-state index contributed by atoms with van der Waals surface area (Å²) >= 11 is 0. The van der Waals surface area contributed by atoms with Crippen LogP contribution in [0.15, 0.2) is 36.7 Å². The number of anilines is 1. The number of carbonyl (C=O) groups excluding carboxylic acids is 1. The molecule has 0 spiro atoms. The van der Waals surface area contributed by atoms with Crippen molar-refractivity contribution >= 4 is 11.7 Å². The van der Waals surface area contributed by atoms with Gasteiger partial charge < -0.3 is 16.4 Å². The number of nitrogens with one attached hydrogen (secondary N) is 2. The first-order valence-electron chi connectivity index (χ1n) is 11.2. The maximum absolute atomic E-state index is 13.7. The third-order valence-electron chi connectivity index (χ3n) is 6.29. The van der Waals surface area contributed by atoms with E-state index in [0.29, 0.717) is 18.8 Å². The van der Waals surface area contributed by atoms with E-state index in [-0.39, 0.29) is 29.4 Å². The van der Waals surface area contributed by atoms with Gasteiger partial charge in [0.2, 0.25) is 0 Å². The average molecular weight is 450 g/mol. The van der Waals surface area contributed by atoms with Crippen molar-refractivity contribution in [2.24, 2.45) is 5.41 Å². The van der Waals surface area contributed by atoms with Crippen LogP contribution in [0.4, 0.5) is 10.2 Å². The number of nitrogens with zero attached hydrogens (tertiary/aromatic N) is 4. The Morgan fingerprint density at radius 2 is 2.09 bits per heavy atom. The van der Waals surface area contributed by atoms with E-state index in [4.69, 9.17) is 5.73 Å². The first kappa shape index (κ1) is 21.5. The summed E-state index contributed by atoms with van der Waals surface area (Å²) in [4.78, 5) is 21.5. The highest BCUT2D eigenvalue weighted by Crippen LogP contribution is 2.37. The maximum Gasteiger partial charge on any atom is 0.274 e. The number of hydrogen-bond acceptors (Lipinski definition) is 6. The normalized spacial score (nSPS) is 21.5. The van der Waals surface area contributed by atoms with Crippen LogP contribution in [0, 0.1) is 5.41 Å². The summed E-state index contributed by atoms with van der Waals surface area (Å²) < 4.78 is 15.7. The number of carbonyl (C=O) groups is 1. The molecule has 4 N–H and O–H groups in total. The van der Waals surface area contributed by atoms with Crippen LogP contribution in [0.25, 0.3) is 22.4 Å². The SMILES string of the molecule is CC1(C)Cc2c(-c3cccc(-c4cnc(N)c(C(=O)NC5CNCC(F)C5)n4)c3)cnn2C1. The van der Waals surface area contributed by atoms with E-state index in [1.54, 1.807) is 6.20 Å². The summed E-state index contributed by atoms with van der Waals surface area (Å²) in [5, 5.41) is 10.4. The summed E-state index contributed by atoms with van der Waals surface area (Å²) in [5.74, 6) is -0.403. The maximum atomic E-state index is 13.7. The predicted molar refractivity (Wildman–Crippen MR) is 124 cm³/mol. The van der Waals surface area contributed by atoms with E-state index in [1.807, 2.05) is 24.4 Å². The van der Waals surface area contributed by atoms with Crippen molar-refractivity contribution in [3.05, 3.63) is 48.0 Å². The molecule has 0 bridgehead atoms. The molecule has 1 amide bonds. The second kappa shape index (κ2) is 8.22.